The molecule has 0 spiro atoms. The SMILES string of the molecule is CCCc1[nH][nH]c(=O)c1[C@H](c1ccc(Br)cc1)C(C#N)C#N. The number of hydrogen-bond acceptors (Lipinski definition) is 3. The van der Waals surface area contributed by atoms with E-state index in [4.69, 9.17) is 0 Å². The second kappa shape index (κ2) is 7.11. The van der Waals surface area contributed by atoms with E-state index in [0.717, 1.165) is 22.2 Å². The summed E-state index contributed by atoms with van der Waals surface area (Å²) in [6.45, 7) is 2.01. The molecule has 2 rings (SSSR count). The maximum absolute atomic E-state index is 12.2. The summed E-state index contributed by atoms with van der Waals surface area (Å²) in [5.41, 5.74) is 1.75. The van der Waals surface area contributed by atoms with Crippen LogP contribution in [0.4, 0.5) is 0 Å². The Bertz CT molecular complexity index is 762. The molecule has 0 unspecified atom stereocenters. The highest BCUT2D eigenvalue weighted by Gasteiger charge is 2.30. The highest BCUT2D eigenvalue weighted by atomic mass is 79.9. The van der Waals surface area contributed by atoms with Crippen LogP contribution in [0.25, 0.3) is 0 Å². The summed E-state index contributed by atoms with van der Waals surface area (Å²) < 4.78 is 0.900. The van der Waals surface area contributed by atoms with Gasteiger partial charge in [-0.2, -0.15) is 10.5 Å². The maximum atomic E-state index is 12.2. The van der Waals surface area contributed by atoms with Crippen LogP contribution < -0.4 is 5.56 Å². The van der Waals surface area contributed by atoms with E-state index in [2.05, 4.69) is 26.1 Å². The Morgan fingerprint density at radius 1 is 1.18 bits per heavy atom. The number of nitrogens with zero attached hydrogens (tertiary/aromatic N) is 2. The zero-order chi connectivity index (χ0) is 16.1. The van der Waals surface area contributed by atoms with Gasteiger partial charge < -0.3 is 5.10 Å². The summed E-state index contributed by atoms with van der Waals surface area (Å²) >= 11 is 3.36. The summed E-state index contributed by atoms with van der Waals surface area (Å²) in [6.07, 6.45) is 1.54. The van der Waals surface area contributed by atoms with Crippen LogP contribution in [0, 0.1) is 28.6 Å². The quantitative estimate of drug-likeness (QED) is 0.858. The molecule has 0 saturated carbocycles. The molecular weight excluding hydrogens is 344 g/mol. The first kappa shape index (κ1) is 16.1. The number of nitriles is 2. The lowest BCUT2D eigenvalue weighted by Gasteiger charge is -2.17. The number of aromatic nitrogens is 2. The Balaban J connectivity index is 2.62. The molecule has 2 N–H and O–H groups in total. The highest BCUT2D eigenvalue weighted by Crippen LogP contribution is 2.32. The molecular formula is C16H15BrN4O. The minimum absolute atomic E-state index is 0.271. The number of nitrogens with one attached hydrogen (secondary N) is 2. The van der Waals surface area contributed by atoms with Crippen LogP contribution in [0.2, 0.25) is 0 Å². The number of rotatable bonds is 5. The fourth-order valence-corrected chi connectivity index (χ4v) is 2.82. The molecule has 112 valence electrons. The molecule has 22 heavy (non-hydrogen) atoms. The smallest absolute Gasteiger partial charge is 0.268 e. The molecule has 1 atom stereocenters. The predicted molar refractivity (Wildman–Crippen MR) is 86.1 cm³/mol. The molecule has 2 aromatic rings. The second-order valence-corrected chi connectivity index (χ2v) is 5.90. The number of hydrogen-bond donors (Lipinski definition) is 2. The van der Waals surface area contributed by atoms with E-state index in [9.17, 15) is 15.3 Å². The number of benzene rings is 1. The third-order valence-electron chi connectivity index (χ3n) is 3.55. The molecule has 6 heteroatoms. The van der Waals surface area contributed by atoms with Crippen molar-refractivity contribution in [2.75, 3.05) is 0 Å². The van der Waals surface area contributed by atoms with Gasteiger partial charge in [0.1, 0.15) is 5.92 Å². The number of aromatic amines is 2. The lowest BCUT2D eigenvalue weighted by molar-refractivity contribution is 0.692. The van der Waals surface area contributed by atoms with Crippen LogP contribution in [-0.4, -0.2) is 10.2 Å². The van der Waals surface area contributed by atoms with Crippen LogP contribution in [0.15, 0.2) is 33.5 Å². The topological polar surface area (TPSA) is 96.2 Å². The van der Waals surface area contributed by atoms with Crippen LogP contribution in [0.3, 0.4) is 0 Å². The van der Waals surface area contributed by atoms with Gasteiger partial charge in [-0.25, -0.2) is 0 Å². The molecule has 1 aromatic heterocycles. The van der Waals surface area contributed by atoms with Gasteiger partial charge in [-0.1, -0.05) is 41.4 Å². The average Bonchev–Trinajstić information content (AvgIpc) is 2.87. The molecule has 0 bridgehead atoms. The minimum Gasteiger partial charge on any atom is -0.302 e. The zero-order valence-corrected chi connectivity index (χ0v) is 13.6. The monoisotopic (exact) mass is 358 g/mol. The standard InChI is InChI=1S/C16H15BrN4O/c1-2-3-13-15(16(22)21-20-13)14(11(8-18)9-19)10-4-6-12(17)7-5-10/h4-7,11,14H,2-3H2,1H3,(H2,20,21,22)/t14-/m1/s1. The van der Waals surface area contributed by atoms with Crippen molar-refractivity contribution in [2.24, 2.45) is 5.92 Å². The Morgan fingerprint density at radius 2 is 1.82 bits per heavy atom. The summed E-state index contributed by atoms with van der Waals surface area (Å²) in [5.74, 6) is -1.49. The summed E-state index contributed by atoms with van der Waals surface area (Å²) in [4.78, 5) is 12.2. The Labute approximate surface area is 136 Å². The van der Waals surface area contributed by atoms with E-state index in [0.29, 0.717) is 12.0 Å². The van der Waals surface area contributed by atoms with Crippen molar-refractivity contribution in [3.63, 3.8) is 0 Å². The molecule has 0 fully saturated rings. The van der Waals surface area contributed by atoms with Gasteiger partial charge in [0.25, 0.3) is 5.56 Å². The fourth-order valence-electron chi connectivity index (χ4n) is 2.55. The van der Waals surface area contributed by atoms with Crippen LogP contribution >= 0.6 is 15.9 Å². The molecule has 5 nitrogen and oxygen atoms in total. The molecule has 0 radical (unpaired) electrons. The van der Waals surface area contributed by atoms with Crippen LogP contribution in [0.5, 0.6) is 0 Å². The largest absolute Gasteiger partial charge is 0.302 e. The van der Waals surface area contributed by atoms with Crippen molar-refractivity contribution in [1.82, 2.24) is 10.2 Å². The van der Waals surface area contributed by atoms with Crippen molar-refractivity contribution in [2.45, 2.75) is 25.7 Å². The normalized spacial score (nSPS) is 11.9. The second-order valence-electron chi connectivity index (χ2n) is 4.99. The molecule has 0 aliphatic carbocycles. The van der Waals surface area contributed by atoms with E-state index in [-0.39, 0.29) is 5.56 Å². The van der Waals surface area contributed by atoms with Crippen molar-refractivity contribution in [3.05, 3.63) is 55.9 Å². The van der Waals surface area contributed by atoms with Crippen LogP contribution in [-0.2, 0) is 6.42 Å². The average molecular weight is 359 g/mol. The van der Waals surface area contributed by atoms with E-state index in [1.807, 2.05) is 43.3 Å². The predicted octanol–water partition coefficient (Wildman–Crippen LogP) is 3.21. The third-order valence-corrected chi connectivity index (χ3v) is 4.08. The Morgan fingerprint density at radius 3 is 2.36 bits per heavy atom. The van der Waals surface area contributed by atoms with Crippen molar-refractivity contribution in [1.29, 1.82) is 10.5 Å². The third kappa shape index (κ3) is 3.13. The Hall–Kier alpha value is -2.31. The first-order valence-electron chi connectivity index (χ1n) is 6.96. The Kier molecular flexibility index (Phi) is 5.19. The number of halogens is 1. The first-order valence-corrected chi connectivity index (χ1v) is 7.75. The van der Waals surface area contributed by atoms with Gasteiger partial charge >= 0.3 is 0 Å². The van der Waals surface area contributed by atoms with Crippen molar-refractivity contribution < 1.29 is 0 Å². The van der Waals surface area contributed by atoms with E-state index < -0.39 is 11.8 Å². The van der Waals surface area contributed by atoms with Crippen LogP contribution in [0.1, 0.15) is 36.1 Å². The van der Waals surface area contributed by atoms with Gasteiger partial charge in [0, 0.05) is 21.6 Å². The zero-order valence-electron chi connectivity index (χ0n) is 12.1. The van der Waals surface area contributed by atoms with E-state index in [1.54, 1.807) is 0 Å². The summed E-state index contributed by atoms with van der Waals surface area (Å²) in [5, 5.41) is 24.1. The van der Waals surface area contributed by atoms with Gasteiger partial charge in [0.05, 0.1) is 12.1 Å². The van der Waals surface area contributed by atoms with Gasteiger partial charge in [0.2, 0.25) is 0 Å². The highest BCUT2D eigenvalue weighted by molar-refractivity contribution is 9.10. The fraction of sp³-hybridized carbons (Fsp3) is 0.312. The maximum Gasteiger partial charge on any atom is 0.268 e. The molecule has 0 saturated heterocycles. The molecule has 0 amide bonds. The lowest BCUT2D eigenvalue weighted by atomic mass is 9.81. The molecule has 1 aromatic carbocycles. The van der Waals surface area contributed by atoms with Crippen molar-refractivity contribution in [3.8, 4) is 12.1 Å². The van der Waals surface area contributed by atoms with Gasteiger partial charge in [-0.05, 0) is 24.1 Å². The summed E-state index contributed by atoms with van der Waals surface area (Å²) in [6, 6.07) is 11.4. The number of aryl methyl sites for hydroxylation is 1. The van der Waals surface area contributed by atoms with Gasteiger partial charge in [-0.15, -0.1) is 0 Å². The molecule has 0 aliphatic heterocycles. The lowest BCUT2D eigenvalue weighted by Crippen LogP contribution is -2.20. The first-order chi connectivity index (χ1) is 10.6. The minimum atomic E-state index is -0.923. The van der Waals surface area contributed by atoms with E-state index >= 15 is 0 Å². The van der Waals surface area contributed by atoms with Crippen molar-refractivity contribution >= 4 is 15.9 Å². The van der Waals surface area contributed by atoms with E-state index in [1.165, 1.54) is 0 Å². The van der Waals surface area contributed by atoms with Gasteiger partial charge in [0.15, 0.2) is 0 Å². The molecule has 0 aliphatic rings. The summed E-state index contributed by atoms with van der Waals surface area (Å²) in [7, 11) is 0. The number of H-pyrrole nitrogens is 2. The molecule has 1 heterocycles. The van der Waals surface area contributed by atoms with Gasteiger partial charge in [-0.3, -0.25) is 9.89 Å².